The van der Waals surface area contributed by atoms with Crippen molar-refractivity contribution in [3.63, 3.8) is 0 Å². The number of aromatic carboxylic acids is 1. The largest absolute Gasteiger partial charge is 0.477 e. The van der Waals surface area contributed by atoms with E-state index >= 15 is 0 Å². The average molecular weight is 249 g/mol. The number of carboxylic acids is 1. The molecule has 1 aliphatic heterocycles. The van der Waals surface area contributed by atoms with Crippen LogP contribution in [0.5, 0.6) is 0 Å². The number of anilines is 1. The zero-order valence-corrected chi connectivity index (χ0v) is 10.3. The lowest BCUT2D eigenvalue weighted by atomic mass is 9.98. The predicted octanol–water partition coefficient (Wildman–Crippen LogP) is 0.495. The van der Waals surface area contributed by atoms with Gasteiger partial charge < -0.3 is 15.3 Å². The summed E-state index contributed by atoms with van der Waals surface area (Å²) in [6.07, 6.45) is 1.45. The van der Waals surface area contributed by atoms with Crippen LogP contribution in [0.2, 0.25) is 0 Å². The van der Waals surface area contributed by atoms with Crippen LogP contribution in [0.3, 0.4) is 0 Å². The van der Waals surface area contributed by atoms with E-state index < -0.39 is 11.5 Å². The Morgan fingerprint density at radius 1 is 1.56 bits per heavy atom. The molecule has 1 aromatic heterocycles. The molecule has 2 rings (SSSR count). The predicted molar refractivity (Wildman–Crippen MR) is 65.6 cm³/mol. The molecule has 0 aliphatic carbocycles. The van der Waals surface area contributed by atoms with Gasteiger partial charge in [0.1, 0.15) is 11.2 Å². The smallest absolute Gasteiger partial charge is 0.354 e. The molecule has 2 N–H and O–H groups in total. The first-order valence-corrected chi connectivity index (χ1v) is 5.68. The van der Waals surface area contributed by atoms with E-state index in [0.29, 0.717) is 18.8 Å². The molecular weight excluding hydrogens is 234 g/mol. The number of hydrogen-bond acceptors (Lipinski definition) is 4. The Balaban J connectivity index is 2.38. The van der Waals surface area contributed by atoms with E-state index in [1.54, 1.807) is 6.07 Å². The summed E-state index contributed by atoms with van der Waals surface area (Å²) in [5.74, 6) is -1.14. The molecule has 1 aromatic rings. The lowest BCUT2D eigenvalue weighted by Gasteiger charge is -2.42. The molecule has 0 bridgehead atoms. The Morgan fingerprint density at radius 3 is 2.94 bits per heavy atom. The summed E-state index contributed by atoms with van der Waals surface area (Å²) in [5, 5.41) is 11.7. The van der Waals surface area contributed by atoms with Crippen molar-refractivity contribution in [2.75, 3.05) is 18.0 Å². The van der Waals surface area contributed by atoms with Gasteiger partial charge in [-0.2, -0.15) is 0 Å². The van der Waals surface area contributed by atoms with Crippen LogP contribution < -0.4 is 10.2 Å². The molecule has 2 heterocycles. The van der Waals surface area contributed by atoms with Crippen molar-refractivity contribution in [1.82, 2.24) is 10.3 Å². The number of amides is 1. The van der Waals surface area contributed by atoms with Gasteiger partial charge in [0.05, 0.1) is 0 Å². The van der Waals surface area contributed by atoms with Gasteiger partial charge in [0.2, 0.25) is 5.91 Å². The number of carboxylic acid groups (broad SMARTS) is 1. The van der Waals surface area contributed by atoms with E-state index in [1.807, 2.05) is 18.7 Å². The van der Waals surface area contributed by atoms with Gasteiger partial charge in [-0.15, -0.1) is 0 Å². The molecule has 0 aromatic carbocycles. The summed E-state index contributed by atoms with van der Waals surface area (Å²) in [6, 6.07) is 3.20. The standard InChI is InChI=1S/C12H15N3O3/c1-12(2)11(18)14-5-6-15(12)8-3-4-13-9(7-8)10(16)17/h3-4,7H,5-6H2,1-2H3,(H,14,18)(H,16,17). The Hall–Kier alpha value is -2.11. The Bertz CT molecular complexity index is 499. The van der Waals surface area contributed by atoms with Crippen LogP contribution in [0, 0.1) is 0 Å². The minimum Gasteiger partial charge on any atom is -0.477 e. The number of pyridine rings is 1. The van der Waals surface area contributed by atoms with E-state index in [2.05, 4.69) is 10.3 Å². The van der Waals surface area contributed by atoms with Crippen LogP contribution in [-0.2, 0) is 4.79 Å². The summed E-state index contributed by atoms with van der Waals surface area (Å²) in [4.78, 5) is 28.4. The topological polar surface area (TPSA) is 82.5 Å². The molecule has 1 amide bonds. The fourth-order valence-corrected chi connectivity index (χ4v) is 2.06. The summed E-state index contributed by atoms with van der Waals surface area (Å²) < 4.78 is 0. The highest BCUT2D eigenvalue weighted by Gasteiger charge is 2.37. The molecular formula is C12H15N3O3. The van der Waals surface area contributed by atoms with Crippen LogP contribution in [0.1, 0.15) is 24.3 Å². The van der Waals surface area contributed by atoms with Gasteiger partial charge >= 0.3 is 5.97 Å². The fraction of sp³-hybridized carbons (Fsp3) is 0.417. The number of nitrogens with one attached hydrogen (secondary N) is 1. The second-order valence-electron chi connectivity index (χ2n) is 4.67. The number of carbonyl (C=O) groups excluding carboxylic acids is 1. The molecule has 0 radical (unpaired) electrons. The third kappa shape index (κ3) is 2.01. The summed E-state index contributed by atoms with van der Waals surface area (Å²) in [7, 11) is 0. The minimum absolute atomic E-state index is 0.0192. The van der Waals surface area contributed by atoms with E-state index in [0.717, 1.165) is 0 Å². The van der Waals surface area contributed by atoms with Crippen molar-refractivity contribution in [2.45, 2.75) is 19.4 Å². The first-order chi connectivity index (χ1) is 8.43. The van der Waals surface area contributed by atoms with E-state index in [4.69, 9.17) is 5.11 Å². The number of aromatic nitrogens is 1. The highest BCUT2D eigenvalue weighted by atomic mass is 16.4. The zero-order valence-electron chi connectivity index (χ0n) is 10.3. The fourth-order valence-electron chi connectivity index (χ4n) is 2.06. The number of hydrogen-bond donors (Lipinski definition) is 2. The highest BCUT2D eigenvalue weighted by Crippen LogP contribution is 2.26. The van der Waals surface area contributed by atoms with Crippen LogP contribution in [0.25, 0.3) is 0 Å². The van der Waals surface area contributed by atoms with E-state index in [-0.39, 0.29) is 11.6 Å². The average Bonchev–Trinajstić information content (AvgIpc) is 2.32. The van der Waals surface area contributed by atoms with E-state index in [1.165, 1.54) is 12.3 Å². The maximum Gasteiger partial charge on any atom is 0.354 e. The third-order valence-corrected chi connectivity index (χ3v) is 3.13. The van der Waals surface area contributed by atoms with Gasteiger partial charge in [-0.3, -0.25) is 4.79 Å². The SMILES string of the molecule is CC1(C)C(=O)NCCN1c1ccnc(C(=O)O)c1. The second kappa shape index (κ2) is 4.29. The third-order valence-electron chi connectivity index (χ3n) is 3.13. The highest BCUT2D eigenvalue weighted by molar-refractivity contribution is 5.91. The van der Waals surface area contributed by atoms with Gasteiger partial charge in [0.15, 0.2) is 0 Å². The normalized spacial score (nSPS) is 18.3. The van der Waals surface area contributed by atoms with Crippen molar-refractivity contribution < 1.29 is 14.7 Å². The van der Waals surface area contributed by atoms with Crippen molar-refractivity contribution >= 4 is 17.6 Å². The van der Waals surface area contributed by atoms with Gasteiger partial charge in [0.25, 0.3) is 0 Å². The summed E-state index contributed by atoms with van der Waals surface area (Å²) >= 11 is 0. The molecule has 0 unspecified atom stereocenters. The summed E-state index contributed by atoms with van der Waals surface area (Å²) in [6.45, 7) is 4.81. The molecule has 18 heavy (non-hydrogen) atoms. The number of piperazine rings is 1. The van der Waals surface area contributed by atoms with Crippen molar-refractivity contribution in [3.8, 4) is 0 Å². The monoisotopic (exact) mass is 249 g/mol. The molecule has 0 spiro atoms. The minimum atomic E-state index is -1.07. The summed E-state index contributed by atoms with van der Waals surface area (Å²) in [5.41, 5.74) is -0.0217. The number of carbonyl (C=O) groups is 2. The quantitative estimate of drug-likeness (QED) is 0.797. The molecule has 1 fully saturated rings. The molecule has 6 nitrogen and oxygen atoms in total. The van der Waals surface area contributed by atoms with Crippen LogP contribution in [-0.4, -0.2) is 40.6 Å². The van der Waals surface area contributed by atoms with Gasteiger partial charge in [0, 0.05) is 25.0 Å². The van der Waals surface area contributed by atoms with Gasteiger partial charge in [-0.25, -0.2) is 9.78 Å². The second-order valence-corrected chi connectivity index (χ2v) is 4.67. The number of nitrogens with zero attached hydrogens (tertiary/aromatic N) is 2. The van der Waals surface area contributed by atoms with Crippen molar-refractivity contribution in [1.29, 1.82) is 0 Å². The van der Waals surface area contributed by atoms with Crippen LogP contribution in [0.15, 0.2) is 18.3 Å². The lowest BCUT2D eigenvalue weighted by Crippen LogP contribution is -2.62. The van der Waals surface area contributed by atoms with Crippen LogP contribution >= 0.6 is 0 Å². The van der Waals surface area contributed by atoms with Gasteiger partial charge in [-0.05, 0) is 26.0 Å². The maximum absolute atomic E-state index is 11.8. The first kappa shape index (κ1) is 12.3. The Morgan fingerprint density at radius 2 is 2.28 bits per heavy atom. The van der Waals surface area contributed by atoms with Crippen molar-refractivity contribution in [3.05, 3.63) is 24.0 Å². The molecule has 96 valence electrons. The molecule has 1 aliphatic rings. The zero-order chi connectivity index (χ0) is 13.3. The first-order valence-electron chi connectivity index (χ1n) is 5.68. The molecule has 0 saturated carbocycles. The number of rotatable bonds is 2. The Labute approximate surface area is 105 Å². The lowest BCUT2D eigenvalue weighted by molar-refractivity contribution is -0.126. The Kier molecular flexibility index (Phi) is 2.94. The molecule has 6 heteroatoms. The maximum atomic E-state index is 11.8. The molecule has 0 atom stereocenters. The molecule has 1 saturated heterocycles. The van der Waals surface area contributed by atoms with Gasteiger partial charge in [-0.1, -0.05) is 0 Å². The van der Waals surface area contributed by atoms with E-state index in [9.17, 15) is 9.59 Å². The van der Waals surface area contributed by atoms with Crippen molar-refractivity contribution in [2.24, 2.45) is 0 Å². The van der Waals surface area contributed by atoms with Crippen LogP contribution in [0.4, 0.5) is 5.69 Å².